The number of nitrogens with zero attached hydrogens (tertiary/aromatic N) is 3. The van der Waals surface area contributed by atoms with E-state index in [4.69, 9.17) is 14.3 Å². The molecule has 1 fully saturated rings. The van der Waals surface area contributed by atoms with Gasteiger partial charge in [0, 0.05) is 39.1 Å². The van der Waals surface area contributed by atoms with Crippen molar-refractivity contribution in [3.63, 3.8) is 0 Å². The first-order valence-electron chi connectivity index (χ1n) is 9.37. The van der Waals surface area contributed by atoms with E-state index in [9.17, 15) is 22.4 Å². The van der Waals surface area contributed by atoms with Gasteiger partial charge < -0.3 is 14.4 Å². The summed E-state index contributed by atoms with van der Waals surface area (Å²) < 4.78 is 49.9. The van der Waals surface area contributed by atoms with E-state index in [1.165, 1.54) is 0 Å². The minimum Gasteiger partial charge on any atom is -0.475 e. The lowest BCUT2D eigenvalue weighted by Gasteiger charge is -2.34. The number of carbonyl (C=O) groups excluding carboxylic acids is 1. The summed E-state index contributed by atoms with van der Waals surface area (Å²) in [5, 5.41) is 7.12. The van der Waals surface area contributed by atoms with E-state index in [1.807, 2.05) is 9.80 Å². The summed E-state index contributed by atoms with van der Waals surface area (Å²) >= 11 is 0. The van der Waals surface area contributed by atoms with Crippen LogP contribution in [0, 0.1) is 11.8 Å². The van der Waals surface area contributed by atoms with Crippen molar-refractivity contribution in [2.75, 3.05) is 32.9 Å². The Balaban J connectivity index is 0.000000370. The van der Waals surface area contributed by atoms with Crippen molar-refractivity contribution >= 4 is 11.9 Å². The first-order chi connectivity index (χ1) is 13.5. The van der Waals surface area contributed by atoms with E-state index in [0.717, 1.165) is 37.5 Å². The van der Waals surface area contributed by atoms with Crippen molar-refractivity contribution in [2.45, 2.75) is 39.4 Å². The van der Waals surface area contributed by atoms with Gasteiger partial charge in [0.1, 0.15) is 12.4 Å². The first kappa shape index (κ1) is 23.1. The molecule has 0 bridgehead atoms. The molecule has 1 N–H and O–H groups in total. The number of piperidine rings is 1. The van der Waals surface area contributed by atoms with Crippen LogP contribution < -0.4 is 0 Å². The molecule has 0 radical (unpaired) electrons. The van der Waals surface area contributed by atoms with Gasteiger partial charge in [-0.1, -0.05) is 13.8 Å². The van der Waals surface area contributed by atoms with Crippen LogP contribution in [0.1, 0.15) is 42.4 Å². The van der Waals surface area contributed by atoms with Crippen LogP contribution in [0.15, 0.2) is 4.42 Å². The van der Waals surface area contributed by atoms with E-state index in [-0.39, 0.29) is 18.5 Å². The summed E-state index contributed by atoms with van der Waals surface area (Å²) in [7, 11) is 0. The highest BCUT2D eigenvalue weighted by atomic mass is 19.4. The van der Waals surface area contributed by atoms with Crippen LogP contribution >= 0.6 is 0 Å². The SMILES string of the molecule is CC1CC(C)CN(C(=O)c2nc3c(o2)CCN(CCF)C3)C1.O=C(O)C(F)(F)F. The number of aromatic nitrogens is 1. The van der Waals surface area contributed by atoms with Gasteiger partial charge in [-0.05, 0) is 18.3 Å². The number of hydrogen-bond acceptors (Lipinski definition) is 5. The zero-order valence-electron chi connectivity index (χ0n) is 16.3. The molecule has 1 amide bonds. The van der Waals surface area contributed by atoms with Crippen LogP contribution in [0.3, 0.4) is 0 Å². The predicted octanol–water partition coefficient (Wildman–Crippen LogP) is 2.75. The van der Waals surface area contributed by atoms with E-state index in [1.54, 1.807) is 0 Å². The molecule has 2 atom stereocenters. The van der Waals surface area contributed by atoms with Crippen molar-refractivity contribution in [3.8, 4) is 0 Å². The van der Waals surface area contributed by atoms with Crippen LogP contribution in [-0.4, -0.2) is 70.8 Å². The van der Waals surface area contributed by atoms with Crippen LogP contribution in [0.4, 0.5) is 17.6 Å². The third-order valence-electron chi connectivity index (χ3n) is 4.79. The van der Waals surface area contributed by atoms with Crippen LogP contribution in [0.25, 0.3) is 0 Å². The molecule has 0 spiro atoms. The van der Waals surface area contributed by atoms with Gasteiger partial charge in [0.2, 0.25) is 0 Å². The lowest BCUT2D eigenvalue weighted by Crippen LogP contribution is -2.42. The zero-order chi connectivity index (χ0) is 21.8. The molecule has 2 aliphatic heterocycles. The topological polar surface area (TPSA) is 86.9 Å². The molecular formula is C18H25F4N3O4. The normalized spacial score (nSPS) is 22.5. The molecule has 1 aromatic heterocycles. The first-order valence-corrected chi connectivity index (χ1v) is 9.37. The van der Waals surface area contributed by atoms with Crippen molar-refractivity contribution in [1.82, 2.24) is 14.8 Å². The molecule has 2 unspecified atom stereocenters. The Bertz CT molecular complexity index is 712. The van der Waals surface area contributed by atoms with Gasteiger partial charge in [0.25, 0.3) is 5.89 Å². The monoisotopic (exact) mass is 423 g/mol. The van der Waals surface area contributed by atoms with E-state index < -0.39 is 12.1 Å². The minimum atomic E-state index is -5.08. The number of alkyl halides is 4. The Morgan fingerprint density at radius 3 is 2.34 bits per heavy atom. The Morgan fingerprint density at radius 1 is 1.24 bits per heavy atom. The molecule has 29 heavy (non-hydrogen) atoms. The second-order valence-corrected chi connectivity index (χ2v) is 7.56. The highest BCUT2D eigenvalue weighted by Gasteiger charge is 2.38. The summed E-state index contributed by atoms with van der Waals surface area (Å²) in [5.41, 5.74) is 0.793. The molecule has 2 aliphatic rings. The summed E-state index contributed by atoms with van der Waals surface area (Å²) in [6.07, 6.45) is -3.23. The number of aliphatic carboxylic acids is 1. The van der Waals surface area contributed by atoms with Crippen LogP contribution in [0.2, 0.25) is 0 Å². The number of carboxylic acids is 1. The van der Waals surface area contributed by atoms with Crippen molar-refractivity contribution in [1.29, 1.82) is 0 Å². The molecular weight excluding hydrogens is 398 g/mol. The molecule has 7 nitrogen and oxygen atoms in total. The largest absolute Gasteiger partial charge is 0.490 e. The summed E-state index contributed by atoms with van der Waals surface area (Å²) in [4.78, 5) is 29.8. The lowest BCUT2D eigenvalue weighted by molar-refractivity contribution is -0.192. The number of fused-ring (bicyclic) bond motifs is 1. The minimum absolute atomic E-state index is 0.107. The second kappa shape index (κ2) is 9.55. The Labute approximate surface area is 165 Å². The number of carboxylic acid groups (broad SMARTS) is 1. The molecule has 3 heterocycles. The molecule has 0 saturated carbocycles. The van der Waals surface area contributed by atoms with Gasteiger partial charge in [0.15, 0.2) is 0 Å². The summed E-state index contributed by atoms with van der Waals surface area (Å²) in [6, 6.07) is 0. The van der Waals surface area contributed by atoms with Gasteiger partial charge in [0.05, 0.1) is 5.69 Å². The van der Waals surface area contributed by atoms with Crippen molar-refractivity contribution in [3.05, 3.63) is 17.3 Å². The smallest absolute Gasteiger partial charge is 0.475 e. The predicted molar refractivity (Wildman–Crippen MR) is 94.0 cm³/mol. The van der Waals surface area contributed by atoms with Gasteiger partial charge in [-0.2, -0.15) is 13.2 Å². The molecule has 0 aromatic carbocycles. The maximum absolute atomic E-state index is 12.6. The average molecular weight is 423 g/mol. The van der Waals surface area contributed by atoms with Gasteiger partial charge in [-0.3, -0.25) is 9.69 Å². The van der Waals surface area contributed by atoms with Gasteiger partial charge in [-0.15, -0.1) is 0 Å². The van der Waals surface area contributed by atoms with E-state index >= 15 is 0 Å². The van der Waals surface area contributed by atoms with Crippen LogP contribution in [0.5, 0.6) is 0 Å². The molecule has 0 aliphatic carbocycles. The lowest BCUT2D eigenvalue weighted by atomic mass is 9.92. The average Bonchev–Trinajstić information content (AvgIpc) is 3.03. The third-order valence-corrected chi connectivity index (χ3v) is 4.79. The third kappa shape index (κ3) is 6.41. The second-order valence-electron chi connectivity index (χ2n) is 7.56. The van der Waals surface area contributed by atoms with E-state index in [0.29, 0.717) is 31.3 Å². The highest BCUT2D eigenvalue weighted by molar-refractivity contribution is 5.89. The van der Waals surface area contributed by atoms with Gasteiger partial charge >= 0.3 is 18.1 Å². The number of oxazole rings is 1. The fraction of sp³-hybridized carbons (Fsp3) is 0.722. The molecule has 1 aromatic rings. The maximum atomic E-state index is 12.6. The number of hydrogen-bond donors (Lipinski definition) is 1. The number of rotatable bonds is 3. The Hall–Kier alpha value is -2.17. The number of halogens is 4. The van der Waals surface area contributed by atoms with Crippen LogP contribution in [-0.2, 0) is 17.8 Å². The fourth-order valence-electron chi connectivity index (χ4n) is 3.62. The molecule has 1 saturated heterocycles. The molecule has 11 heteroatoms. The number of carbonyl (C=O) groups is 2. The zero-order valence-corrected chi connectivity index (χ0v) is 16.3. The fourth-order valence-corrected chi connectivity index (χ4v) is 3.62. The molecule has 3 rings (SSSR count). The Kier molecular flexibility index (Phi) is 7.61. The van der Waals surface area contributed by atoms with Crippen molar-refractivity contribution in [2.24, 2.45) is 11.8 Å². The van der Waals surface area contributed by atoms with E-state index in [2.05, 4.69) is 18.8 Å². The molecule has 164 valence electrons. The van der Waals surface area contributed by atoms with Gasteiger partial charge in [-0.25, -0.2) is 14.2 Å². The Morgan fingerprint density at radius 2 is 1.83 bits per heavy atom. The summed E-state index contributed by atoms with van der Waals surface area (Å²) in [6.45, 7) is 7.27. The maximum Gasteiger partial charge on any atom is 0.490 e. The van der Waals surface area contributed by atoms with Crippen molar-refractivity contribution < 1.29 is 36.7 Å². The summed E-state index contributed by atoms with van der Waals surface area (Å²) in [5.74, 6) is -0.850. The quantitative estimate of drug-likeness (QED) is 0.753. The number of amides is 1. The highest BCUT2D eigenvalue weighted by Crippen LogP contribution is 2.24. The number of likely N-dealkylation sites (tertiary alicyclic amines) is 1. The standard InChI is InChI=1S/C16H24FN3O2.C2HF3O2/c1-11-7-12(2)9-20(8-11)16(21)15-18-13-10-19(6-4-17)5-3-14(13)22-15;3-2(4,5)1(6)7/h11-12H,3-10H2,1-2H3;(H,6,7).